The minimum absolute atomic E-state index is 0.0474. The molecule has 1 aromatic carbocycles. The number of halogens is 2. The van der Waals surface area contributed by atoms with Crippen LogP contribution in [0.4, 0.5) is 4.39 Å². The Kier molecular flexibility index (Phi) is 4.35. The number of carbonyl (C=O) groups excluding carboxylic acids is 1. The van der Waals surface area contributed by atoms with Gasteiger partial charge in [0.05, 0.1) is 4.47 Å². The van der Waals surface area contributed by atoms with Gasteiger partial charge in [-0.15, -0.1) is 0 Å². The molecular weight excluding hydrogens is 299 g/mol. The quantitative estimate of drug-likeness (QED) is 0.911. The molecule has 1 aromatic rings. The van der Waals surface area contributed by atoms with E-state index in [9.17, 15) is 9.18 Å². The Bertz CT molecular complexity index is 453. The third-order valence-corrected chi connectivity index (χ3v) is 3.91. The van der Waals surface area contributed by atoms with Crippen LogP contribution in [0.15, 0.2) is 22.7 Å². The van der Waals surface area contributed by atoms with Crippen molar-refractivity contribution in [3.8, 4) is 0 Å². The molecule has 3 nitrogen and oxygen atoms in total. The van der Waals surface area contributed by atoms with Crippen LogP contribution in [0.25, 0.3) is 0 Å². The summed E-state index contributed by atoms with van der Waals surface area (Å²) >= 11 is 3.10. The first kappa shape index (κ1) is 13.5. The molecule has 1 heterocycles. The number of nitrogens with zero attached hydrogens (tertiary/aromatic N) is 1. The van der Waals surface area contributed by atoms with Gasteiger partial charge in [0.15, 0.2) is 0 Å². The summed E-state index contributed by atoms with van der Waals surface area (Å²) in [5, 5.41) is 0. The molecule has 0 aliphatic carbocycles. The highest BCUT2D eigenvalue weighted by Crippen LogP contribution is 2.21. The Labute approximate surface area is 114 Å². The van der Waals surface area contributed by atoms with Gasteiger partial charge < -0.3 is 10.6 Å². The number of benzene rings is 1. The van der Waals surface area contributed by atoms with Crippen LogP contribution < -0.4 is 5.73 Å². The summed E-state index contributed by atoms with van der Waals surface area (Å²) in [4.78, 5) is 14.1. The Morgan fingerprint density at radius 2 is 2.33 bits per heavy atom. The van der Waals surface area contributed by atoms with Crippen molar-refractivity contribution in [1.82, 2.24) is 4.90 Å². The first-order valence-corrected chi connectivity index (χ1v) is 6.85. The van der Waals surface area contributed by atoms with E-state index < -0.39 is 0 Å². The van der Waals surface area contributed by atoms with E-state index in [1.165, 1.54) is 18.2 Å². The molecule has 0 radical (unpaired) electrons. The topological polar surface area (TPSA) is 46.3 Å². The highest BCUT2D eigenvalue weighted by atomic mass is 79.9. The smallest absolute Gasteiger partial charge is 0.253 e. The number of hydrogen-bond donors (Lipinski definition) is 1. The lowest BCUT2D eigenvalue weighted by Crippen LogP contribution is -2.42. The molecule has 1 aliphatic rings. The van der Waals surface area contributed by atoms with E-state index in [1.807, 2.05) is 0 Å². The minimum atomic E-state index is -0.356. The second kappa shape index (κ2) is 5.80. The van der Waals surface area contributed by atoms with Crippen molar-refractivity contribution in [2.24, 2.45) is 11.7 Å². The number of carbonyl (C=O) groups is 1. The van der Waals surface area contributed by atoms with E-state index >= 15 is 0 Å². The third-order valence-electron chi connectivity index (χ3n) is 3.31. The highest BCUT2D eigenvalue weighted by molar-refractivity contribution is 9.10. The zero-order chi connectivity index (χ0) is 13.1. The lowest BCUT2D eigenvalue weighted by Gasteiger charge is -2.32. The lowest BCUT2D eigenvalue weighted by atomic mass is 9.97. The zero-order valence-corrected chi connectivity index (χ0v) is 11.6. The molecule has 0 saturated carbocycles. The monoisotopic (exact) mass is 314 g/mol. The number of rotatable bonds is 2. The fraction of sp³-hybridized carbons (Fsp3) is 0.462. The first-order chi connectivity index (χ1) is 8.61. The molecule has 2 N–H and O–H groups in total. The average Bonchev–Trinajstić information content (AvgIpc) is 2.41. The summed E-state index contributed by atoms with van der Waals surface area (Å²) in [7, 11) is 0. The maximum Gasteiger partial charge on any atom is 0.253 e. The van der Waals surface area contributed by atoms with Gasteiger partial charge in [-0.2, -0.15) is 0 Å². The van der Waals surface area contributed by atoms with E-state index in [0.29, 0.717) is 29.0 Å². The summed E-state index contributed by atoms with van der Waals surface area (Å²) in [6, 6.07) is 4.36. The van der Waals surface area contributed by atoms with Gasteiger partial charge in [-0.1, -0.05) is 0 Å². The minimum Gasteiger partial charge on any atom is -0.338 e. The van der Waals surface area contributed by atoms with Crippen molar-refractivity contribution in [3.63, 3.8) is 0 Å². The van der Waals surface area contributed by atoms with Gasteiger partial charge in [-0.05, 0) is 59.4 Å². The van der Waals surface area contributed by atoms with E-state index in [4.69, 9.17) is 5.73 Å². The maximum atomic E-state index is 13.1. The van der Waals surface area contributed by atoms with Crippen LogP contribution in [0.1, 0.15) is 23.2 Å². The molecule has 0 spiro atoms. The van der Waals surface area contributed by atoms with Crippen molar-refractivity contribution >= 4 is 21.8 Å². The Morgan fingerprint density at radius 1 is 1.56 bits per heavy atom. The maximum absolute atomic E-state index is 13.1. The van der Waals surface area contributed by atoms with Crippen LogP contribution in [-0.4, -0.2) is 30.4 Å². The molecule has 2 rings (SSSR count). The van der Waals surface area contributed by atoms with E-state index in [1.54, 1.807) is 4.90 Å². The molecule has 1 unspecified atom stereocenters. The van der Waals surface area contributed by atoms with Gasteiger partial charge in [0, 0.05) is 18.7 Å². The van der Waals surface area contributed by atoms with Crippen molar-refractivity contribution in [2.45, 2.75) is 12.8 Å². The fourth-order valence-electron chi connectivity index (χ4n) is 2.25. The molecule has 5 heteroatoms. The van der Waals surface area contributed by atoms with E-state index in [0.717, 1.165) is 19.4 Å². The summed E-state index contributed by atoms with van der Waals surface area (Å²) in [5.74, 6) is -0.0227. The summed E-state index contributed by atoms with van der Waals surface area (Å²) in [6.07, 6.45) is 2.06. The number of amides is 1. The second-order valence-electron chi connectivity index (χ2n) is 4.62. The van der Waals surface area contributed by atoms with Gasteiger partial charge in [0.1, 0.15) is 5.82 Å². The standard InChI is InChI=1S/C13H16BrFN2O/c14-11-6-10(3-4-12(11)15)13(18)17-5-1-2-9(7-16)8-17/h3-4,6,9H,1-2,5,7-8,16H2. The van der Waals surface area contributed by atoms with E-state index in [2.05, 4.69) is 15.9 Å². The molecule has 98 valence electrons. The molecule has 1 amide bonds. The molecule has 18 heavy (non-hydrogen) atoms. The number of nitrogens with two attached hydrogens (primary N) is 1. The highest BCUT2D eigenvalue weighted by Gasteiger charge is 2.23. The van der Waals surface area contributed by atoms with Crippen molar-refractivity contribution < 1.29 is 9.18 Å². The normalized spacial score (nSPS) is 19.9. The summed E-state index contributed by atoms with van der Waals surface area (Å²) < 4.78 is 13.5. The molecule has 0 aromatic heterocycles. The van der Waals surface area contributed by atoms with Crippen molar-refractivity contribution in [1.29, 1.82) is 0 Å². The fourth-order valence-corrected chi connectivity index (χ4v) is 2.63. The predicted molar refractivity (Wildman–Crippen MR) is 71.8 cm³/mol. The Balaban J connectivity index is 2.12. The van der Waals surface area contributed by atoms with Crippen molar-refractivity contribution in [3.05, 3.63) is 34.1 Å². The summed E-state index contributed by atoms with van der Waals surface area (Å²) in [6.45, 7) is 2.06. The lowest BCUT2D eigenvalue weighted by molar-refractivity contribution is 0.0678. The predicted octanol–water partition coefficient (Wildman–Crippen LogP) is 2.40. The van der Waals surface area contributed by atoms with Gasteiger partial charge in [-0.3, -0.25) is 4.79 Å². The van der Waals surface area contributed by atoms with Gasteiger partial charge in [0.2, 0.25) is 0 Å². The van der Waals surface area contributed by atoms with Crippen LogP contribution in [-0.2, 0) is 0 Å². The van der Waals surface area contributed by atoms with E-state index in [-0.39, 0.29) is 11.7 Å². The van der Waals surface area contributed by atoms with Crippen LogP contribution >= 0.6 is 15.9 Å². The first-order valence-electron chi connectivity index (χ1n) is 6.06. The van der Waals surface area contributed by atoms with Crippen LogP contribution in [0, 0.1) is 11.7 Å². The molecule has 0 bridgehead atoms. The molecular formula is C13H16BrFN2O. The SMILES string of the molecule is NCC1CCCN(C(=O)c2ccc(F)c(Br)c2)C1. The van der Waals surface area contributed by atoms with Gasteiger partial charge >= 0.3 is 0 Å². The van der Waals surface area contributed by atoms with Crippen LogP contribution in [0.5, 0.6) is 0 Å². The van der Waals surface area contributed by atoms with Gasteiger partial charge in [0.25, 0.3) is 5.91 Å². The molecule has 1 fully saturated rings. The molecule has 1 saturated heterocycles. The second-order valence-corrected chi connectivity index (χ2v) is 5.48. The van der Waals surface area contributed by atoms with Crippen LogP contribution in [0.2, 0.25) is 0 Å². The molecule has 1 atom stereocenters. The Morgan fingerprint density at radius 3 is 3.00 bits per heavy atom. The number of piperidine rings is 1. The third kappa shape index (κ3) is 2.90. The zero-order valence-electron chi connectivity index (χ0n) is 10.0. The molecule has 1 aliphatic heterocycles. The number of likely N-dealkylation sites (tertiary alicyclic amines) is 1. The Hall–Kier alpha value is -0.940. The average molecular weight is 315 g/mol. The van der Waals surface area contributed by atoms with Crippen molar-refractivity contribution in [2.75, 3.05) is 19.6 Å². The summed E-state index contributed by atoms with van der Waals surface area (Å²) in [5.41, 5.74) is 6.17. The largest absolute Gasteiger partial charge is 0.338 e. The number of hydrogen-bond acceptors (Lipinski definition) is 2. The van der Waals surface area contributed by atoms with Crippen LogP contribution in [0.3, 0.4) is 0 Å². The van der Waals surface area contributed by atoms with Gasteiger partial charge in [-0.25, -0.2) is 4.39 Å².